The molecule has 0 unspecified atom stereocenters. The summed E-state index contributed by atoms with van der Waals surface area (Å²) in [6.07, 6.45) is 7.11. The Bertz CT molecular complexity index is 1280. The number of hydrogen-bond acceptors (Lipinski definition) is 6. The smallest absolute Gasteiger partial charge is 0.228 e. The summed E-state index contributed by atoms with van der Waals surface area (Å²) < 4.78 is 1.90. The van der Waals surface area contributed by atoms with Crippen molar-refractivity contribution >= 4 is 28.3 Å². The van der Waals surface area contributed by atoms with Crippen molar-refractivity contribution in [3.8, 4) is 11.1 Å². The maximum Gasteiger partial charge on any atom is 0.228 e. The van der Waals surface area contributed by atoms with Crippen LogP contribution in [0.1, 0.15) is 43.5 Å². The first kappa shape index (κ1) is 18.6. The number of nitrogens with one attached hydrogen (secondary N) is 1. The molecular weight excluding hydrogens is 380 g/mol. The normalized spacial score (nSPS) is 14.9. The first-order valence-corrected chi connectivity index (χ1v) is 10.1. The fourth-order valence-corrected chi connectivity index (χ4v) is 3.68. The van der Waals surface area contributed by atoms with Crippen LogP contribution in [0.4, 0.5) is 5.82 Å². The number of anilines is 1. The number of carbonyl (C=O) groups excluding carboxylic acids is 1. The van der Waals surface area contributed by atoms with Gasteiger partial charge in [-0.3, -0.25) is 14.2 Å². The van der Waals surface area contributed by atoms with Crippen LogP contribution in [0.3, 0.4) is 0 Å². The maximum absolute atomic E-state index is 12.1. The van der Waals surface area contributed by atoms with Gasteiger partial charge >= 0.3 is 0 Å². The third-order valence-electron chi connectivity index (χ3n) is 5.61. The van der Waals surface area contributed by atoms with Crippen molar-refractivity contribution in [2.24, 2.45) is 5.92 Å². The molecule has 4 aromatic heterocycles. The molecule has 8 heteroatoms. The van der Waals surface area contributed by atoms with Crippen LogP contribution < -0.4 is 5.32 Å². The summed E-state index contributed by atoms with van der Waals surface area (Å²) in [5, 5.41) is 22.3. The molecule has 1 fully saturated rings. The number of nitrogens with zero attached hydrogens (tertiary/aromatic N) is 5. The molecule has 30 heavy (non-hydrogen) atoms. The van der Waals surface area contributed by atoms with Gasteiger partial charge in [0.05, 0.1) is 17.3 Å². The lowest BCUT2D eigenvalue weighted by Gasteiger charge is -2.13. The first-order chi connectivity index (χ1) is 14.5. The summed E-state index contributed by atoms with van der Waals surface area (Å²) in [6, 6.07) is 5.77. The first-order valence-electron chi connectivity index (χ1n) is 10.1. The fourth-order valence-electron chi connectivity index (χ4n) is 3.68. The molecule has 0 bridgehead atoms. The minimum absolute atomic E-state index is 0.0227. The Morgan fingerprint density at radius 1 is 1.23 bits per heavy atom. The molecule has 4 heterocycles. The van der Waals surface area contributed by atoms with E-state index in [1.54, 1.807) is 18.7 Å². The maximum atomic E-state index is 12.1. The molecule has 0 aromatic carbocycles. The molecule has 4 aromatic rings. The standard InChI is InChI=1S/C22H22N6O2/c1-3-19(29)17-6-12(2)16(10-23-17)15-7-14-9-24-20(26-22(30)13-4-5-13)8-18(14)28-11-25-27-21(15)28/h6-11,13,19,29H,3-5H2,1-2H3,(H,24,26,30)/t19-/m1/s1. The summed E-state index contributed by atoms with van der Waals surface area (Å²) in [5.41, 5.74) is 5.03. The number of pyridine rings is 3. The van der Waals surface area contributed by atoms with E-state index in [1.807, 2.05) is 36.4 Å². The molecule has 1 aliphatic carbocycles. The van der Waals surface area contributed by atoms with Crippen LogP contribution in [-0.2, 0) is 4.79 Å². The van der Waals surface area contributed by atoms with E-state index in [2.05, 4.69) is 25.5 Å². The molecular formula is C22H22N6O2. The minimum atomic E-state index is -0.573. The number of aryl methyl sites for hydroxylation is 1. The average molecular weight is 402 g/mol. The average Bonchev–Trinajstić information content (AvgIpc) is 3.49. The third-order valence-corrected chi connectivity index (χ3v) is 5.61. The van der Waals surface area contributed by atoms with Crippen molar-refractivity contribution in [1.82, 2.24) is 24.6 Å². The molecule has 0 spiro atoms. The second-order valence-electron chi connectivity index (χ2n) is 7.82. The molecule has 152 valence electrons. The third kappa shape index (κ3) is 3.19. The molecule has 0 saturated heterocycles. The summed E-state index contributed by atoms with van der Waals surface area (Å²) in [6.45, 7) is 3.92. The van der Waals surface area contributed by atoms with E-state index in [1.165, 1.54) is 0 Å². The van der Waals surface area contributed by atoms with E-state index >= 15 is 0 Å². The second-order valence-corrected chi connectivity index (χ2v) is 7.82. The Morgan fingerprint density at radius 2 is 2.07 bits per heavy atom. The van der Waals surface area contributed by atoms with Gasteiger partial charge in [-0.2, -0.15) is 0 Å². The van der Waals surface area contributed by atoms with Crippen molar-refractivity contribution < 1.29 is 9.90 Å². The zero-order valence-electron chi connectivity index (χ0n) is 16.8. The van der Waals surface area contributed by atoms with Crippen LogP contribution in [-0.4, -0.2) is 35.6 Å². The monoisotopic (exact) mass is 402 g/mol. The Labute approximate surface area is 173 Å². The van der Waals surface area contributed by atoms with E-state index in [0.29, 0.717) is 23.6 Å². The predicted octanol–water partition coefficient (Wildman–Crippen LogP) is 3.44. The van der Waals surface area contributed by atoms with Gasteiger partial charge in [0, 0.05) is 40.9 Å². The number of aromatic nitrogens is 5. The molecule has 1 saturated carbocycles. The van der Waals surface area contributed by atoms with E-state index in [9.17, 15) is 9.90 Å². The highest BCUT2D eigenvalue weighted by Gasteiger charge is 2.29. The Morgan fingerprint density at radius 3 is 2.80 bits per heavy atom. The zero-order valence-corrected chi connectivity index (χ0v) is 16.8. The topological polar surface area (TPSA) is 105 Å². The van der Waals surface area contributed by atoms with Gasteiger partial charge in [0.25, 0.3) is 0 Å². The van der Waals surface area contributed by atoms with Crippen molar-refractivity contribution in [3.63, 3.8) is 0 Å². The summed E-state index contributed by atoms with van der Waals surface area (Å²) in [4.78, 5) is 21.0. The Balaban J connectivity index is 1.61. The zero-order chi connectivity index (χ0) is 20.8. The number of amides is 1. The predicted molar refractivity (Wildman–Crippen MR) is 113 cm³/mol. The molecule has 1 amide bonds. The lowest BCUT2D eigenvalue weighted by atomic mass is 10.0. The lowest BCUT2D eigenvalue weighted by Crippen LogP contribution is -2.14. The summed E-state index contributed by atoms with van der Waals surface area (Å²) in [5.74, 6) is 0.664. The highest BCUT2D eigenvalue weighted by molar-refractivity contribution is 5.96. The highest BCUT2D eigenvalue weighted by atomic mass is 16.3. The van der Waals surface area contributed by atoms with Gasteiger partial charge in [-0.25, -0.2) is 4.98 Å². The van der Waals surface area contributed by atoms with Crippen LogP contribution in [0.5, 0.6) is 0 Å². The fraction of sp³-hybridized carbons (Fsp3) is 0.318. The van der Waals surface area contributed by atoms with E-state index in [0.717, 1.165) is 40.4 Å². The van der Waals surface area contributed by atoms with Crippen molar-refractivity contribution in [1.29, 1.82) is 0 Å². The summed E-state index contributed by atoms with van der Waals surface area (Å²) >= 11 is 0. The van der Waals surface area contributed by atoms with Crippen LogP contribution >= 0.6 is 0 Å². The van der Waals surface area contributed by atoms with Crippen LogP contribution in [0.25, 0.3) is 27.7 Å². The SMILES string of the molecule is CC[C@@H](O)c1cc(C)c(-c2cc3cnc(NC(=O)C4CC4)cc3n3cnnc23)cn1. The van der Waals surface area contributed by atoms with Crippen molar-refractivity contribution in [3.05, 3.63) is 48.2 Å². The molecule has 5 rings (SSSR count). The number of hydrogen-bond donors (Lipinski definition) is 2. The Kier molecular flexibility index (Phi) is 4.43. The number of aliphatic hydroxyl groups is 1. The van der Waals surface area contributed by atoms with Gasteiger partial charge in [-0.05, 0) is 43.9 Å². The molecule has 0 radical (unpaired) electrons. The number of rotatable bonds is 5. The van der Waals surface area contributed by atoms with E-state index in [4.69, 9.17) is 0 Å². The van der Waals surface area contributed by atoms with Crippen molar-refractivity contribution in [2.45, 2.75) is 39.2 Å². The number of aliphatic hydroxyl groups excluding tert-OH is 1. The molecule has 1 atom stereocenters. The lowest BCUT2D eigenvalue weighted by molar-refractivity contribution is -0.117. The number of carbonyl (C=O) groups is 1. The quantitative estimate of drug-likeness (QED) is 0.530. The van der Waals surface area contributed by atoms with Gasteiger partial charge in [0.1, 0.15) is 12.1 Å². The van der Waals surface area contributed by atoms with E-state index in [-0.39, 0.29) is 11.8 Å². The van der Waals surface area contributed by atoms with Crippen LogP contribution in [0, 0.1) is 12.8 Å². The summed E-state index contributed by atoms with van der Waals surface area (Å²) in [7, 11) is 0. The van der Waals surface area contributed by atoms with E-state index < -0.39 is 6.10 Å². The molecule has 1 aliphatic rings. The van der Waals surface area contributed by atoms with Crippen LogP contribution in [0.2, 0.25) is 0 Å². The second kappa shape index (κ2) is 7.14. The van der Waals surface area contributed by atoms with Gasteiger partial charge in [0.15, 0.2) is 5.65 Å². The molecule has 2 N–H and O–H groups in total. The van der Waals surface area contributed by atoms with Crippen LogP contribution in [0.15, 0.2) is 36.9 Å². The minimum Gasteiger partial charge on any atom is -0.387 e. The van der Waals surface area contributed by atoms with Gasteiger partial charge in [-0.15, -0.1) is 10.2 Å². The van der Waals surface area contributed by atoms with Gasteiger partial charge in [-0.1, -0.05) is 6.92 Å². The van der Waals surface area contributed by atoms with Gasteiger partial charge < -0.3 is 10.4 Å². The highest BCUT2D eigenvalue weighted by Crippen LogP contribution is 2.33. The largest absolute Gasteiger partial charge is 0.387 e. The Hall–Kier alpha value is -3.39. The number of fused-ring (bicyclic) bond motifs is 3. The van der Waals surface area contributed by atoms with Gasteiger partial charge in [0.2, 0.25) is 5.91 Å². The van der Waals surface area contributed by atoms with Crippen molar-refractivity contribution in [2.75, 3.05) is 5.32 Å². The molecule has 0 aliphatic heterocycles. The molecule has 8 nitrogen and oxygen atoms in total.